The first-order valence-electron chi connectivity index (χ1n) is 4.50. The highest BCUT2D eigenvalue weighted by atomic mass is 32.1. The summed E-state index contributed by atoms with van der Waals surface area (Å²) in [4.78, 5) is 11.9. The summed E-state index contributed by atoms with van der Waals surface area (Å²) >= 11 is 1.26. The molecule has 2 rings (SSSR count). The number of ether oxygens (including phenoxy) is 1. The van der Waals surface area contributed by atoms with Crippen molar-refractivity contribution >= 4 is 27.4 Å². The van der Waals surface area contributed by atoms with Gasteiger partial charge in [-0.15, -0.1) is 11.3 Å². The van der Waals surface area contributed by atoms with Gasteiger partial charge in [-0.1, -0.05) is 0 Å². The number of nitrogens with zero attached hydrogens (tertiary/aromatic N) is 1. The number of esters is 1. The van der Waals surface area contributed by atoms with Crippen molar-refractivity contribution in [2.24, 2.45) is 0 Å². The molecule has 0 fully saturated rings. The van der Waals surface area contributed by atoms with E-state index in [1.54, 1.807) is 19.1 Å². The average molecular weight is 223 g/mol. The molecule has 2 aromatic heterocycles. The fourth-order valence-electron chi connectivity index (χ4n) is 1.27. The molecular weight excluding hydrogens is 214 g/mol. The average Bonchev–Trinajstić information content (AvgIpc) is 2.60. The lowest BCUT2D eigenvalue weighted by molar-refractivity contribution is -0.603. The molecule has 15 heavy (non-hydrogen) atoms. The lowest BCUT2D eigenvalue weighted by Gasteiger charge is -1.95. The van der Waals surface area contributed by atoms with E-state index in [-0.39, 0.29) is 5.97 Å². The Morgan fingerprint density at radius 2 is 2.47 bits per heavy atom. The van der Waals surface area contributed by atoms with Gasteiger partial charge in [-0.05, 0) is 13.0 Å². The Labute approximate surface area is 90.3 Å². The summed E-state index contributed by atoms with van der Waals surface area (Å²) in [5.41, 5.74) is 0. The number of carbonyl (C=O) groups excluding carboxylic acids is 1. The molecule has 0 saturated carbocycles. The Morgan fingerprint density at radius 1 is 1.67 bits per heavy atom. The highest BCUT2D eigenvalue weighted by Gasteiger charge is 2.12. The highest BCUT2D eigenvalue weighted by Crippen LogP contribution is 2.24. The van der Waals surface area contributed by atoms with E-state index < -0.39 is 0 Å². The SMILES string of the molecule is CCOC(=O)c1cc2cc[n+]([O-])cc2s1. The number of carbonyl (C=O) groups is 1. The number of aromatic nitrogens is 1. The monoisotopic (exact) mass is 223 g/mol. The predicted molar refractivity (Wildman–Crippen MR) is 56.7 cm³/mol. The zero-order valence-electron chi connectivity index (χ0n) is 8.10. The molecule has 0 amide bonds. The number of rotatable bonds is 2. The van der Waals surface area contributed by atoms with Crippen LogP contribution in [-0.2, 0) is 4.74 Å². The van der Waals surface area contributed by atoms with Crippen LogP contribution in [0.1, 0.15) is 16.6 Å². The minimum Gasteiger partial charge on any atom is -0.619 e. The van der Waals surface area contributed by atoms with Gasteiger partial charge in [0, 0.05) is 11.5 Å². The molecule has 0 atom stereocenters. The Hall–Kier alpha value is -1.62. The Bertz CT molecular complexity index is 506. The third kappa shape index (κ3) is 1.92. The molecule has 0 N–H and O–H groups in total. The Kier molecular flexibility index (Phi) is 2.55. The fraction of sp³-hybridized carbons (Fsp3) is 0.200. The van der Waals surface area contributed by atoms with Crippen molar-refractivity contribution in [3.63, 3.8) is 0 Å². The van der Waals surface area contributed by atoms with Crippen molar-refractivity contribution in [1.29, 1.82) is 0 Å². The van der Waals surface area contributed by atoms with Gasteiger partial charge in [0.2, 0.25) is 0 Å². The normalized spacial score (nSPS) is 10.5. The van der Waals surface area contributed by atoms with Gasteiger partial charge in [-0.25, -0.2) is 4.79 Å². The van der Waals surface area contributed by atoms with Crippen molar-refractivity contribution < 1.29 is 14.3 Å². The zero-order valence-corrected chi connectivity index (χ0v) is 8.91. The van der Waals surface area contributed by atoms with Gasteiger partial charge in [0.25, 0.3) is 0 Å². The first-order valence-corrected chi connectivity index (χ1v) is 5.32. The molecule has 0 aliphatic carbocycles. The van der Waals surface area contributed by atoms with Crippen molar-refractivity contribution in [3.05, 3.63) is 34.6 Å². The van der Waals surface area contributed by atoms with E-state index in [1.807, 2.05) is 0 Å². The largest absolute Gasteiger partial charge is 0.619 e. The van der Waals surface area contributed by atoms with Crippen LogP contribution in [0.15, 0.2) is 24.5 Å². The van der Waals surface area contributed by atoms with Gasteiger partial charge in [-0.2, -0.15) is 4.73 Å². The van der Waals surface area contributed by atoms with Crippen LogP contribution in [0.5, 0.6) is 0 Å². The molecule has 2 aromatic rings. The van der Waals surface area contributed by atoms with Crippen molar-refractivity contribution in [1.82, 2.24) is 0 Å². The summed E-state index contributed by atoms with van der Waals surface area (Å²) in [6, 6.07) is 3.42. The molecule has 78 valence electrons. The summed E-state index contributed by atoms with van der Waals surface area (Å²) in [6.07, 6.45) is 2.85. The van der Waals surface area contributed by atoms with E-state index in [2.05, 4.69) is 0 Å². The number of thiophene rings is 1. The maximum absolute atomic E-state index is 11.4. The van der Waals surface area contributed by atoms with Gasteiger partial charge >= 0.3 is 5.97 Å². The quantitative estimate of drug-likeness (QED) is 0.442. The van der Waals surface area contributed by atoms with Gasteiger partial charge in [-0.3, -0.25) is 0 Å². The molecule has 0 saturated heterocycles. The molecule has 0 unspecified atom stereocenters. The number of hydrogen-bond acceptors (Lipinski definition) is 4. The smallest absolute Gasteiger partial charge is 0.348 e. The maximum atomic E-state index is 11.4. The molecule has 0 aliphatic heterocycles. The van der Waals surface area contributed by atoms with E-state index in [0.29, 0.717) is 16.2 Å². The number of hydrogen-bond donors (Lipinski definition) is 0. The summed E-state index contributed by atoms with van der Waals surface area (Å²) in [5.74, 6) is -0.337. The minimum absolute atomic E-state index is 0.337. The van der Waals surface area contributed by atoms with Crippen molar-refractivity contribution in [2.45, 2.75) is 6.92 Å². The molecule has 5 heteroatoms. The second-order valence-electron chi connectivity index (χ2n) is 2.96. The second kappa shape index (κ2) is 3.86. The topological polar surface area (TPSA) is 53.2 Å². The number of pyridine rings is 1. The Morgan fingerprint density at radius 3 is 3.20 bits per heavy atom. The predicted octanol–water partition coefficient (Wildman–Crippen LogP) is 1.71. The van der Waals surface area contributed by atoms with Crippen LogP contribution < -0.4 is 4.73 Å². The van der Waals surface area contributed by atoms with E-state index in [0.717, 1.165) is 10.1 Å². The van der Waals surface area contributed by atoms with Crippen LogP contribution in [0.4, 0.5) is 0 Å². The highest BCUT2D eigenvalue weighted by molar-refractivity contribution is 7.20. The number of fused-ring (bicyclic) bond motifs is 1. The van der Waals surface area contributed by atoms with Crippen molar-refractivity contribution in [3.8, 4) is 0 Å². The molecule has 0 bridgehead atoms. The lowest BCUT2D eigenvalue weighted by atomic mass is 10.3. The van der Waals surface area contributed by atoms with Gasteiger partial charge in [0.05, 0.1) is 6.61 Å². The van der Waals surface area contributed by atoms with Crippen LogP contribution in [0.2, 0.25) is 0 Å². The van der Waals surface area contributed by atoms with Gasteiger partial charge in [0.15, 0.2) is 12.4 Å². The summed E-state index contributed by atoms with van der Waals surface area (Å²) in [6.45, 7) is 2.12. The molecule has 0 radical (unpaired) electrons. The first-order chi connectivity index (χ1) is 7.20. The summed E-state index contributed by atoms with van der Waals surface area (Å²) in [7, 11) is 0. The third-order valence-electron chi connectivity index (χ3n) is 1.91. The maximum Gasteiger partial charge on any atom is 0.348 e. The molecule has 0 aliphatic rings. The van der Waals surface area contributed by atoms with Crippen molar-refractivity contribution in [2.75, 3.05) is 6.61 Å². The van der Waals surface area contributed by atoms with Gasteiger partial charge in [0.1, 0.15) is 9.58 Å². The summed E-state index contributed by atoms with van der Waals surface area (Å²) < 4.78 is 6.38. The van der Waals surface area contributed by atoms with Gasteiger partial charge < -0.3 is 9.94 Å². The van der Waals surface area contributed by atoms with Crippen LogP contribution >= 0.6 is 11.3 Å². The van der Waals surface area contributed by atoms with Crippen LogP contribution in [-0.4, -0.2) is 12.6 Å². The Balaban J connectivity index is 2.42. The van der Waals surface area contributed by atoms with E-state index in [1.165, 1.54) is 23.7 Å². The molecule has 4 nitrogen and oxygen atoms in total. The van der Waals surface area contributed by atoms with Crippen LogP contribution in [0.25, 0.3) is 10.1 Å². The molecule has 0 spiro atoms. The lowest BCUT2D eigenvalue weighted by Crippen LogP contribution is -2.23. The molecule has 0 aromatic carbocycles. The third-order valence-corrected chi connectivity index (χ3v) is 2.98. The standard InChI is InChI=1S/C10H9NO3S/c1-2-14-10(12)8-5-7-3-4-11(13)6-9(7)15-8/h3-6H,2H2,1H3. The van der Waals surface area contributed by atoms with E-state index in [9.17, 15) is 10.0 Å². The van der Waals surface area contributed by atoms with E-state index in [4.69, 9.17) is 4.74 Å². The van der Waals surface area contributed by atoms with E-state index >= 15 is 0 Å². The molecular formula is C10H9NO3S. The molecule has 2 heterocycles. The zero-order chi connectivity index (χ0) is 10.8. The summed E-state index contributed by atoms with van der Waals surface area (Å²) in [5, 5.41) is 11.9. The minimum atomic E-state index is -0.337. The first kappa shape index (κ1) is 9.92. The van der Waals surface area contributed by atoms with Crippen LogP contribution in [0.3, 0.4) is 0 Å². The fourth-order valence-corrected chi connectivity index (χ4v) is 2.23. The van der Waals surface area contributed by atoms with Crippen LogP contribution in [0, 0.1) is 5.21 Å². The second-order valence-corrected chi connectivity index (χ2v) is 4.04.